The molecule has 1 aliphatic heterocycles. The highest BCUT2D eigenvalue weighted by atomic mass is 16.5. The van der Waals surface area contributed by atoms with Gasteiger partial charge in [-0.25, -0.2) is 4.79 Å². The molecule has 0 radical (unpaired) electrons. The van der Waals surface area contributed by atoms with Crippen molar-refractivity contribution in [2.45, 2.75) is 26.8 Å². The van der Waals surface area contributed by atoms with Gasteiger partial charge in [-0.05, 0) is 18.9 Å². The Morgan fingerprint density at radius 1 is 1.53 bits per heavy atom. The quantitative estimate of drug-likeness (QED) is 0.657. The Bertz CT molecular complexity index is 276. The van der Waals surface area contributed by atoms with Crippen molar-refractivity contribution in [2.75, 3.05) is 19.7 Å². The molecule has 0 spiro atoms. The van der Waals surface area contributed by atoms with E-state index in [-0.39, 0.29) is 23.9 Å². The molecule has 0 bridgehead atoms. The van der Waals surface area contributed by atoms with E-state index in [0.717, 1.165) is 0 Å². The lowest BCUT2D eigenvalue weighted by molar-refractivity contribution is -0.169. The summed E-state index contributed by atoms with van der Waals surface area (Å²) in [7, 11) is 0. The van der Waals surface area contributed by atoms with E-state index in [1.165, 1.54) is 0 Å². The SMILES string of the molecule is CC1C(=O)OCC(=O)N1CC(C)(C)CN. The van der Waals surface area contributed by atoms with Crippen molar-refractivity contribution in [3.8, 4) is 0 Å². The van der Waals surface area contributed by atoms with Crippen LogP contribution in [-0.2, 0) is 14.3 Å². The van der Waals surface area contributed by atoms with E-state index in [1.54, 1.807) is 11.8 Å². The van der Waals surface area contributed by atoms with Crippen LogP contribution in [-0.4, -0.2) is 42.5 Å². The fourth-order valence-electron chi connectivity index (χ4n) is 1.43. The van der Waals surface area contributed by atoms with Crippen molar-refractivity contribution >= 4 is 11.9 Å². The van der Waals surface area contributed by atoms with Gasteiger partial charge in [0, 0.05) is 6.54 Å². The summed E-state index contributed by atoms with van der Waals surface area (Å²) in [6.45, 7) is 6.41. The number of hydrogen-bond acceptors (Lipinski definition) is 4. The van der Waals surface area contributed by atoms with E-state index >= 15 is 0 Å². The predicted octanol–water partition coefficient (Wildman–Crippen LogP) is -0.255. The first-order valence-corrected chi connectivity index (χ1v) is 5.03. The van der Waals surface area contributed by atoms with Gasteiger partial charge in [0.05, 0.1) is 0 Å². The minimum Gasteiger partial charge on any atom is -0.454 e. The van der Waals surface area contributed by atoms with Crippen LogP contribution < -0.4 is 5.73 Å². The second-order valence-corrected chi connectivity index (χ2v) is 4.67. The number of nitrogens with two attached hydrogens (primary N) is 1. The molecule has 1 atom stereocenters. The summed E-state index contributed by atoms with van der Waals surface area (Å²) in [5.74, 6) is -0.494. The molecule has 0 aromatic carbocycles. The van der Waals surface area contributed by atoms with E-state index in [9.17, 15) is 9.59 Å². The highest BCUT2D eigenvalue weighted by Gasteiger charge is 2.35. The Balaban J connectivity index is 2.73. The van der Waals surface area contributed by atoms with E-state index < -0.39 is 6.04 Å². The maximum atomic E-state index is 11.6. The fourth-order valence-corrected chi connectivity index (χ4v) is 1.43. The topological polar surface area (TPSA) is 72.6 Å². The number of rotatable bonds is 3. The van der Waals surface area contributed by atoms with Crippen LogP contribution in [0.25, 0.3) is 0 Å². The van der Waals surface area contributed by atoms with Gasteiger partial charge in [0.2, 0.25) is 0 Å². The molecule has 1 heterocycles. The van der Waals surface area contributed by atoms with E-state index in [0.29, 0.717) is 13.1 Å². The first-order valence-electron chi connectivity index (χ1n) is 5.03. The molecule has 1 unspecified atom stereocenters. The number of carbonyl (C=O) groups is 2. The molecule has 1 saturated heterocycles. The molecular formula is C10H18N2O3. The summed E-state index contributed by atoms with van der Waals surface area (Å²) in [6, 6.07) is -0.503. The second-order valence-electron chi connectivity index (χ2n) is 4.67. The lowest BCUT2D eigenvalue weighted by atomic mass is 9.92. The molecule has 0 saturated carbocycles. The highest BCUT2D eigenvalue weighted by Crippen LogP contribution is 2.19. The number of ether oxygens (including phenoxy) is 1. The predicted molar refractivity (Wildman–Crippen MR) is 55.0 cm³/mol. The largest absolute Gasteiger partial charge is 0.454 e. The van der Waals surface area contributed by atoms with Gasteiger partial charge in [-0.1, -0.05) is 13.8 Å². The zero-order valence-corrected chi connectivity index (χ0v) is 9.45. The number of amides is 1. The zero-order valence-electron chi connectivity index (χ0n) is 9.45. The van der Waals surface area contributed by atoms with Crippen LogP contribution in [0.15, 0.2) is 0 Å². The third-order valence-corrected chi connectivity index (χ3v) is 2.62. The second kappa shape index (κ2) is 4.18. The van der Waals surface area contributed by atoms with Gasteiger partial charge in [0.15, 0.2) is 6.61 Å². The third-order valence-electron chi connectivity index (χ3n) is 2.62. The van der Waals surface area contributed by atoms with Crippen molar-refractivity contribution in [2.24, 2.45) is 11.1 Å². The Hall–Kier alpha value is -1.10. The molecule has 0 aromatic heterocycles. The maximum absolute atomic E-state index is 11.6. The van der Waals surface area contributed by atoms with Gasteiger partial charge in [-0.3, -0.25) is 4.79 Å². The van der Waals surface area contributed by atoms with Crippen LogP contribution in [0.5, 0.6) is 0 Å². The van der Waals surface area contributed by atoms with Gasteiger partial charge in [-0.15, -0.1) is 0 Å². The number of esters is 1. The Morgan fingerprint density at radius 3 is 2.67 bits per heavy atom. The van der Waals surface area contributed by atoms with Crippen LogP contribution in [0, 0.1) is 5.41 Å². The molecule has 5 heteroatoms. The monoisotopic (exact) mass is 214 g/mol. The summed E-state index contributed by atoms with van der Waals surface area (Å²) >= 11 is 0. The molecule has 15 heavy (non-hydrogen) atoms. The normalized spacial score (nSPS) is 22.9. The molecule has 2 N–H and O–H groups in total. The molecule has 0 aliphatic carbocycles. The third kappa shape index (κ3) is 2.68. The van der Waals surface area contributed by atoms with Gasteiger partial charge in [0.1, 0.15) is 6.04 Å². The van der Waals surface area contributed by atoms with E-state index in [4.69, 9.17) is 10.5 Å². The van der Waals surface area contributed by atoms with Gasteiger partial charge >= 0.3 is 5.97 Å². The molecule has 86 valence electrons. The lowest BCUT2D eigenvalue weighted by Gasteiger charge is -2.37. The van der Waals surface area contributed by atoms with Crippen molar-refractivity contribution in [3.05, 3.63) is 0 Å². The first kappa shape index (κ1) is 12.0. The summed E-state index contributed by atoms with van der Waals surface area (Å²) in [4.78, 5) is 24.4. The summed E-state index contributed by atoms with van der Waals surface area (Å²) in [5.41, 5.74) is 5.42. The first-order chi connectivity index (χ1) is 6.87. The van der Waals surface area contributed by atoms with Crippen LogP contribution in [0.1, 0.15) is 20.8 Å². The number of carbonyl (C=O) groups excluding carboxylic acids is 2. The molecule has 0 aromatic rings. The summed E-state index contributed by atoms with van der Waals surface area (Å²) < 4.78 is 4.72. The summed E-state index contributed by atoms with van der Waals surface area (Å²) in [6.07, 6.45) is 0. The zero-order chi connectivity index (χ0) is 11.6. The Labute approximate surface area is 89.6 Å². The number of morpholine rings is 1. The minimum atomic E-state index is -0.503. The average Bonchev–Trinajstić information content (AvgIpc) is 2.19. The van der Waals surface area contributed by atoms with E-state index in [1.807, 2.05) is 13.8 Å². The molecule has 1 amide bonds. The maximum Gasteiger partial charge on any atom is 0.329 e. The minimum absolute atomic E-state index is 0.149. The van der Waals surface area contributed by atoms with Crippen LogP contribution in [0.2, 0.25) is 0 Å². The van der Waals surface area contributed by atoms with Crippen molar-refractivity contribution in [1.82, 2.24) is 4.90 Å². The van der Waals surface area contributed by atoms with Crippen LogP contribution in [0.4, 0.5) is 0 Å². The van der Waals surface area contributed by atoms with Crippen molar-refractivity contribution in [1.29, 1.82) is 0 Å². The molecule has 1 aliphatic rings. The van der Waals surface area contributed by atoms with Crippen LogP contribution in [0.3, 0.4) is 0 Å². The molecule has 1 rings (SSSR count). The lowest BCUT2D eigenvalue weighted by Crippen LogP contribution is -2.54. The van der Waals surface area contributed by atoms with Crippen LogP contribution >= 0.6 is 0 Å². The Kier molecular flexibility index (Phi) is 3.34. The summed E-state index contributed by atoms with van der Waals surface area (Å²) in [5, 5.41) is 0. The van der Waals surface area contributed by atoms with Crippen molar-refractivity contribution < 1.29 is 14.3 Å². The Morgan fingerprint density at radius 2 is 2.13 bits per heavy atom. The van der Waals surface area contributed by atoms with Gasteiger partial charge in [-0.2, -0.15) is 0 Å². The fraction of sp³-hybridized carbons (Fsp3) is 0.800. The number of hydrogen-bond donors (Lipinski definition) is 1. The number of nitrogens with zero attached hydrogens (tertiary/aromatic N) is 1. The van der Waals surface area contributed by atoms with Gasteiger partial charge < -0.3 is 15.4 Å². The molecular weight excluding hydrogens is 196 g/mol. The average molecular weight is 214 g/mol. The van der Waals surface area contributed by atoms with Gasteiger partial charge in [0.25, 0.3) is 5.91 Å². The smallest absolute Gasteiger partial charge is 0.329 e. The molecule has 1 fully saturated rings. The van der Waals surface area contributed by atoms with E-state index in [2.05, 4.69) is 0 Å². The highest BCUT2D eigenvalue weighted by molar-refractivity contribution is 5.90. The van der Waals surface area contributed by atoms with Crippen molar-refractivity contribution in [3.63, 3.8) is 0 Å². The standard InChI is InChI=1S/C10H18N2O3/c1-7-9(14)15-4-8(13)12(7)6-10(2,3)5-11/h7H,4-6,11H2,1-3H3. The number of cyclic esters (lactones) is 1. The molecule has 5 nitrogen and oxygen atoms in total.